The van der Waals surface area contributed by atoms with Gasteiger partial charge in [-0.1, -0.05) is 12.1 Å². The molecule has 2 rings (SSSR count). The van der Waals surface area contributed by atoms with Crippen LogP contribution < -0.4 is 16.0 Å². The van der Waals surface area contributed by atoms with Crippen molar-refractivity contribution in [2.45, 2.75) is 25.7 Å². The van der Waals surface area contributed by atoms with Crippen LogP contribution in [0.4, 0.5) is 11.4 Å². The first-order valence-electron chi connectivity index (χ1n) is 8.58. The lowest BCUT2D eigenvalue weighted by atomic mass is 10.1. The fraction of sp³-hybridized carbons (Fsp3) is 0.250. The Morgan fingerprint density at radius 3 is 2.41 bits per heavy atom. The van der Waals surface area contributed by atoms with Gasteiger partial charge < -0.3 is 16.0 Å². The molecule has 0 radical (unpaired) electrons. The molecule has 0 saturated heterocycles. The van der Waals surface area contributed by atoms with Crippen molar-refractivity contribution in [2.24, 2.45) is 0 Å². The highest BCUT2D eigenvalue weighted by molar-refractivity contribution is 8.00. The quantitative estimate of drug-likeness (QED) is 0.637. The van der Waals surface area contributed by atoms with Crippen molar-refractivity contribution in [1.29, 1.82) is 0 Å². The highest BCUT2D eigenvalue weighted by atomic mass is 32.2. The molecular formula is C20H23N3O3S. The SMILES string of the molecule is CCNC(=O)c1ccc(NC(=O)CSc2ccccc2NC(C)=O)c(C)c1. The van der Waals surface area contributed by atoms with Gasteiger partial charge in [0, 0.05) is 29.6 Å². The van der Waals surface area contributed by atoms with E-state index in [0.29, 0.717) is 23.5 Å². The van der Waals surface area contributed by atoms with Gasteiger partial charge in [0.15, 0.2) is 0 Å². The molecule has 142 valence electrons. The van der Waals surface area contributed by atoms with Gasteiger partial charge in [0.1, 0.15) is 0 Å². The number of rotatable bonds is 7. The summed E-state index contributed by atoms with van der Waals surface area (Å²) in [6.45, 7) is 5.72. The summed E-state index contributed by atoms with van der Waals surface area (Å²) in [6.07, 6.45) is 0. The molecule has 2 aromatic rings. The van der Waals surface area contributed by atoms with Crippen molar-refractivity contribution in [3.8, 4) is 0 Å². The van der Waals surface area contributed by atoms with Gasteiger partial charge in [-0.2, -0.15) is 0 Å². The van der Waals surface area contributed by atoms with Crippen molar-refractivity contribution < 1.29 is 14.4 Å². The van der Waals surface area contributed by atoms with Crippen LogP contribution in [0.5, 0.6) is 0 Å². The predicted octanol–water partition coefficient (Wildman–Crippen LogP) is 3.43. The Morgan fingerprint density at radius 2 is 1.74 bits per heavy atom. The fourth-order valence-electron chi connectivity index (χ4n) is 2.42. The normalized spacial score (nSPS) is 10.2. The van der Waals surface area contributed by atoms with Crippen molar-refractivity contribution in [2.75, 3.05) is 22.9 Å². The summed E-state index contributed by atoms with van der Waals surface area (Å²) >= 11 is 1.35. The number of nitrogens with one attached hydrogen (secondary N) is 3. The predicted molar refractivity (Wildman–Crippen MR) is 109 cm³/mol. The minimum atomic E-state index is -0.161. The molecule has 27 heavy (non-hydrogen) atoms. The van der Waals surface area contributed by atoms with Gasteiger partial charge in [0.25, 0.3) is 5.91 Å². The molecule has 0 heterocycles. The number of benzene rings is 2. The zero-order valence-corrected chi connectivity index (χ0v) is 16.4. The summed E-state index contributed by atoms with van der Waals surface area (Å²) in [5.41, 5.74) is 2.73. The van der Waals surface area contributed by atoms with E-state index < -0.39 is 0 Å². The first-order valence-corrected chi connectivity index (χ1v) is 9.57. The lowest BCUT2D eigenvalue weighted by molar-refractivity contribution is -0.114. The Balaban J connectivity index is 1.98. The number of carbonyl (C=O) groups excluding carboxylic acids is 3. The monoisotopic (exact) mass is 385 g/mol. The Bertz CT molecular complexity index is 852. The number of aryl methyl sites for hydroxylation is 1. The smallest absolute Gasteiger partial charge is 0.251 e. The Hall–Kier alpha value is -2.80. The summed E-state index contributed by atoms with van der Waals surface area (Å²) in [5, 5.41) is 8.36. The molecule has 0 aliphatic heterocycles. The van der Waals surface area contributed by atoms with Crippen molar-refractivity contribution in [3.63, 3.8) is 0 Å². The summed E-state index contributed by atoms with van der Waals surface area (Å²) in [5.74, 6) is -0.251. The van der Waals surface area contributed by atoms with E-state index >= 15 is 0 Å². The van der Waals surface area contributed by atoms with E-state index in [1.807, 2.05) is 32.0 Å². The number of anilines is 2. The molecule has 2 aromatic carbocycles. The first-order chi connectivity index (χ1) is 12.9. The first kappa shape index (κ1) is 20.5. The molecule has 0 fully saturated rings. The van der Waals surface area contributed by atoms with Gasteiger partial charge in [0.05, 0.1) is 11.4 Å². The highest BCUT2D eigenvalue weighted by Crippen LogP contribution is 2.27. The highest BCUT2D eigenvalue weighted by Gasteiger charge is 2.11. The summed E-state index contributed by atoms with van der Waals surface area (Å²) in [4.78, 5) is 36.3. The number of hydrogen-bond acceptors (Lipinski definition) is 4. The topological polar surface area (TPSA) is 87.3 Å². The van der Waals surface area contributed by atoms with E-state index in [-0.39, 0.29) is 23.5 Å². The number of hydrogen-bond donors (Lipinski definition) is 3. The molecule has 0 aromatic heterocycles. The van der Waals surface area contributed by atoms with Gasteiger partial charge in [-0.25, -0.2) is 0 Å². The lowest BCUT2D eigenvalue weighted by Crippen LogP contribution is -2.23. The van der Waals surface area contributed by atoms with Crippen LogP contribution in [-0.4, -0.2) is 30.0 Å². The van der Waals surface area contributed by atoms with Gasteiger partial charge in [-0.15, -0.1) is 11.8 Å². The summed E-state index contributed by atoms with van der Waals surface area (Å²) < 4.78 is 0. The zero-order chi connectivity index (χ0) is 19.8. The lowest BCUT2D eigenvalue weighted by Gasteiger charge is -2.11. The van der Waals surface area contributed by atoms with E-state index in [0.717, 1.165) is 10.5 Å². The second kappa shape index (κ2) is 9.78. The molecule has 3 amide bonds. The zero-order valence-electron chi connectivity index (χ0n) is 15.6. The third-order valence-electron chi connectivity index (χ3n) is 3.66. The van der Waals surface area contributed by atoms with Crippen LogP contribution in [-0.2, 0) is 9.59 Å². The van der Waals surface area contributed by atoms with E-state index in [2.05, 4.69) is 16.0 Å². The van der Waals surface area contributed by atoms with Crippen LogP contribution in [0.2, 0.25) is 0 Å². The van der Waals surface area contributed by atoms with Gasteiger partial charge in [-0.3, -0.25) is 14.4 Å². The fourth-order valence-corrected chi connectivity index (χ4v) is 3.23. The molecule has 3 N–H and O–H groups in total. The van der Waals surface area contributed by atoms with Crippen LogP contribution in [0.15, 0.2) is 47.4 Å². The third-order valence-corrected chi connectivity index (χ3v) is 4.73. The number of amides is 3. The van der Waals surface area contributed by atoms with Crippen LogP contribution in [0.25, 0.3) is 0 Å². The molecule has 0 aliphatic rings. The molecular weight excluding hydrogens is 362 g/mol. The van der Waals surface area contributed by atoms with E-state index in [1.54, 1.807) is 24.3 Å². The van der Waals surface area contributed by atoms with Gasteiger partial charge >= 0.3 is 0 Å². The van der Waals surface area contributed by atoms with Gasteiger partial charge in [0.2, 0.25) is 11.8 Å². The van der Waals surface area contributed by atoms with Crippen molar-refractivity contribution in [1.82, 2.24) is 5.32 Å². The maximum absolute atomic E-state index is 12.3. The molecule has 0 spiro atoms. The van der Waals surface area contributed by atoms with Crippen LogP contribution in [0.1, 0.15) is 29.8 Å². The summed E-state index contributed by atoms with van der Waals surface area (Å²) in [6, 6.07) is 12.5. The van der Waals surface area contributed by atoms with Crippen LogP contribution in [0, 0.1) is 6.92 Å². The number of para-hydroxylation sites is 1. The molecule has 7 heteroatoms. The van der Waals surface area contributed by atoms with Crippen LogP contribution in [0.3, 0.4) is 0 Å². The average molecular weight is 385 g/mol. The number of thioether (sulfide) groups is 1. The molecule has 0 atom stereocenters. The summed E-state index contributed by atoms with van der Waals surface area (Å²) in [7, 11) is 0. The number of carbonyl (C=O) groups is 3. The maximum Gasteiger partial charge on any atom is 0.251 e. The molecule has 0 unspecified atom stereocenters. The van der Waals surface area contributed by atoms with E-state index in [1.165, 1.54) is 18.7 Å². The molecule has 0 saturated carbocycles. The second-order valence-electron chi connectivity index (χ2n) is 5.90. The molecule has 0 aliphatic carbocycles. The second-order valence-corrected chi connectivity index (χ2v) is 6.92. The van der Waals surface area contributed by atoms with Crippen molar-refractivity contribution in [3.05, 3.63) is 53.6 Å². The molecule has 0 bridgehead atoms. The standard InChI is InChI=1S/C20H23N3O3S/c1-4-21-20(26)15-9-10-16(13(2)11-15)23-19(25)12-27-18-8-6-5-7-17(18)22-14(3)24/h5-11H,4,12H2,1-3H3,(H,21,26)(H,22,24)(H,23,25). The largest absolute Gasteiger partial charge is 0.352 e. The van der Waals surface area contributed by atoms with Gasteiger partial charge in [-0.05, 0) is 49.7 Å². The Kier molecular flexibility index (Phi) is 7.43. The van der Waals surface area contributed by atoms with E-state index in [9.17, 15) is 14.4 Å². The minimum Gasteiger partial charge on any atom is -0.352 e. The van der Waals surface area contributed by atoms with Crippen LogP contribution >= 0.6 is 11.8 Å². The minimum absolute atomic E-state index is 0.136. The Labute approximate surface area is 163 Å². The van der Waals surface area contributed by atoms with E-state index in [4.69, 9.17) is 0 Å². The molecule has 6 nitrogen and oxygen atoms in total. The third kappa shape index (κ3) is 6.14. The Morgan fingerprint density at radius 1 is 1.00 bits per heavy atom. The van der Waals surface area contributed by atoms with Crippen molar-refractivity contribution >= 4 is 40.9 Å². The maximum atomic E-state index is 12.3. The average Bonchev–Trinajstić information content (AvgIpc) is 2.62.